The van der Waals surface area contributed by atoms with Gasteiger partial charge in [-0.1, -0.05) is 11.6 Å². The van der Waals surface area contributed by atoms with Crippen molar-refractivity contribution in [1.82, 2.24) is 10.4 Å². The van der Waals surface area contributed by atoms with E-state index in [1.165, 1.54) is 0 Å². The molecule has 0 aliphatic rings. The number of benzene rings is 2. The maximum atomic E-state index is 11.8. The first kappa shape index (κ1) is 16.7. The Hall–Kier alpha value is -3.18. The van der Waals surface area contributed by atoms with Gasteiger partial charge in [-0.25, -0.2) is 5.43 Å². The Labute approximate surface area is 149 Å². The summed E-state index contributed by atoms with van der Waals surface area (Å²) in [6.07, 6.45) is 4.67. The van der Waals surface area contributed by atoms with Gasteiger partial charge in [0.2, 0.25) is 0 Å². The molecule has 0 bridgehead atoms. The van der Waals surface area contributed by atoms with Crippen molar-refractivity contribution in [1.29, 1.82) is 0 Å². The van der Waals surface area contributed by atoms with Crippen molar-refractivity contribution in [3.63, 3.8) is 0 Å². The van der Waals surface area contributed by atoms with Crippen LogP contribution >= 0.6 is 11.6 Å². The number of ether oxygens (including phenoxy) is 1. The van der Waals surface area contributed by atoms with Crippen LogP contribution in [0.2, 0.25) is 5.02 Å². The Morgan fingerprint density at radius 3 is 2.20 bits per heavy atom. The highest BCUT2D eigenvalue weighted by Gasteiger charge is 2.02. The molecule has 0 aliphatic heterocycles. The number of hydrogen-bond donors (Lipinski definition) is 1. The third-order valence-corrected chi connectivity index (χ3v) is 3.50. The van der Waals surface area contributed by atoms with Gasteiger partial charge in [-0.2, -0.15) is 5.10 Å². The van der Waals surface area contributed by atoms with Gasteiger partial charge in [0, 0.05) is 23.0 Å². The molecule has 0 unspecified atom stereocenters. The third kappa shape index (κ3) is 4.89. The number of nitrogens with one attached hydrogen (secondary N) is 1. The second-order valence-electron chi connectivity index (χ2n) is 5.06. The molecule has 0 radical (unpaired) electrons. The Balaban J connectivity index is 1.57. The molecule has 1 aromatic heterocycles. The lowest BCUT2D eigenvalue weighted by Crippen LogP contribution is -2.17. The van der Waals surface area contributed by atoms with Crippen molar-refractivity contribution in [3.05, 3.63) is 89.2 Å². The molecule has 5 nitrogen and oxygen atoms in total. The highest BCUT2D eigenvalue weighted by Crippen LogP contribution is 2.23. The number of amides is 1. The SMILES string of the molecule is O=C(N/N=C/c1ccc(Oc2ccc(Cl)cc2)cc1)c1ccncc1. The molecule has 3 rings (SSSR count). The van der Waals surface area contributed by atoms with Crippen LogP contribution in [0.15, 0.2) is 78.2 Å². The first-order chi connectivity index (χ1) is 12.2. The molecule has 3 aromatic rings. The molecule has 0 saturated carbocycles. The minimum Gasteiger partial charge on any atom is -0.457 e. The van der Waals surface area contributed by atoms with E-state index < -0.39 is 0 Å². The zero-order chi connectivity index (χ0) is 17.5. The number of halogens is 1. The highest BCUT2D eigenvalue weighted by molar-refractivity contribution is 6.30. The smallest absolute Gasteiger partial charge is 0.271 e. The molecule has 1 heterocycles. The van der Waals surface area contributed by atoms with E-state index in [1.54, 1.807) is 55.0 Å². The Bertz CT molecular complexity index is 863. The average Bonchev–Trinajstić information content (AvgIpc) is 2.66. The van der Waals surface area contributed by atoms with Crippen molar-refractivity contribution >= 4 is 23.7 Å². The fourth-order valence-corrected chi connectivity index (χ4v) is 2.12. The summed E-state index contributed by atoms with van der Waals surface area (Å²) >= 11 is 5.84. The molecule has 124 valence electrons. The molecule has 0 atom stereocenters. The molecular weight excluding hydrogens is 338 g/mol. The minimum atomic E-state index is -0.290. The number of carbonyl (C=O) groups excluding carboxylic acids is 1. The summed E-state index contributed by atoms with van der Waals surface area (Å²) in [6, 6.07) is 17.7. The van der Waals surface area contributed by atoms with E-state index >= 15 is 0 Å². The van der Waals surface area contributed by atoms with Gasteiger partial charge in [-0.15, -0.1) is 0 Å². The van der Waals surface area contributed by atoms with Crippen molar-refractivity contribution in [2.75, 3.05) is 0 Å². The van der Waals surface area contributed by atoms with Crippen LogP contribution < -0.4 is 10.2 Å². The summed E-state index contributed by atoms with van der Waals surface area (Å²) in [6.45, 7) is 0. The summed E-state index contributed by atoms with van der Waals surface area (Å²) in [5.74, 6) is 1.11. The topological polar surface area (TPSA) is 63.6 Å². The third-order valence-electron chi connectivity index (χ3n) is 3.25. The van der Waals surface area contributed by atoms with Gasteiger partial charge >= 0.3 is 0 Å². The summed E-state index contributed by atoms with van der Waals surface area (Å²) in [5.41, 5.74) is 3.80. The van der Waals surface area contributed by atoms with Crippen molar-refractivity contribution in [2.24, 2.45) is 5.10 Å². The van der Waals surface area contributed by atoms with Gasteiger partial charge in [0.15, 0.2) is 0 Å². The predicted octanol–water partition coefficient (Wildman–Crippen LogP) is 4.29. The number of aromatic nitrogens is 1. The summed E-state index contributed by atoms with van der Waals surface area (Å²) in [4.78, 5) is 15.7. The van der Waals surface area contributed by atoms with Gasteiger partial charge in [-0.3, -0.25) is 9.78 Å². The quantitative estimate of drug-likeness (QED) is 0.551. The zero-order valence-corrected chi connectivity index (χ0v) is 13.9. The molecule has 1 amide bonds. The van der Waals surface area contributed by atoms with E-state index in [1.807, 2.05) is 24.3 Å². The Morgan fingerprint density at radius 2 is 1.56 bits per heavy atom. The molecule has 25 heavy (non-hydrogen) atoms. The maximum absolute atomic E-state index is 11.8. The lowest BCUT2D eigenvalue weighted by molar-refractivity contribution is 0.0955. The molecule has 0 aliphatic carbocycles. The van der Waals surface area contributed by atoms with Crippen LogP contribution in [0.3, 0.4) is 0 Å². The number of carbonyl (C=O) groups is 1. The van der Waals surface area contributed by atoms with Gasteiger partial charge in [0.25, 0.3) is 5.91 Å². The first-order valence-corrected chi connectivity index (χ1v) is 7.85. The van der Waals surface area contributed by atoms with Crippen molar-refractivity contribution < 1.29 is 9.53 Å². The molecule has 0 spiro atoms. The van der Waals surface area contributed by atoms with Gasteiger partial charge in [0.1, 0.15) is 11.5 Å². The van der Waals surface area contributed by atoms with Crippen LogP contribution in [-0.4, -0.2) is 17.1 Å². The van der Waals surface area contributed by atoms with Crippen molar-refractivity contribution in [2.45, 2.75) is 0 Å². The Morgan fingerprint density at radius 1 is 0.960 bits per heavy atom. The van der Waals surface area contributed by atoms with E-state index in [2.05, 4.69) is 15.5 Å². The number of pyridine rings is 1. The molecule has 2 aromatic carbocycles. The normalized spacial score (nSPS) is 10.6. The lowest BCUT2D eigenvalue weighted by Gasteiger charge is -2.05. The minimum absolute atomic E-state index is 0.290. The fourth-order valence-electron chi connectivity index (χ4n) is 1.99. The first-order valence-electron chi connectivity index (χ1n) is 7.47. The van der Waals surface area contributed by atoms with Crippen LogP contribution in [0.25, 0.3) is 0 Å². The van der Waals surface area contributed by atoms with Crippen LogP contribution in [0.1, 0.15) is 15.9 Å². The van der Waals surface area contributed by atoms with E-state index in [-0.39, 0.29) is 5.91 Å². The molecule has 6 heteroatoms. The summed E-state index contributed by atoms with van der Waals surface area (Å²) in [7, 11) is 0. The van der Waals surface area contributed by atoms with Crippen molar-refractivity contribution in [3.8, 4) is 11.5 Å². The fraction of sp³-hybridized carbons (Fsp3) is 0. The second kappa shape index (κ2) is 8.08. The number of rotatable bonds is 5. The summed E-state index contributed by atoms with van der Waals surface area (Å²) < 4.78 is 5.71. The largest absolute Gasteiger partial charge is 0.457 e. The van der Waals surface area contributed by atoms with Gasteiger partial charge in [0.05, 0.1) is 6.21 Å². The Kier molecular flexibility index (Phi) is 5.39. The predicted molar refractivity (Wildman–Crippen MR) is 97.3 cm³/mol. The lowest BCUT2D eigenvalue weighted by atomic mass is 10.2. The zero-order valence-electron chi connectivity index (χ0n) is 13.1. The van der Waals surface area contributed by atoms with Crippen LogP contribution in [-0.2, 0) is 0 Å². The second-order valence-corrected chi connectivity index (χ2v) is 5.50. The highest BCUT2D eigenvalue weighted by atomic mass is 35.5. The van der Waals surface area contributed by atoms with Crippen LogP contribution in [0.4, 0.5) is 0 Å². The van der Waals surface area contributed by atoms with Gasteiger partial charge in [-0.05, 0) is 66.2 Å². The van der Waals surface area contributed by atoms with E-state index in [9.17, 15) is 4.79 Å². The van der Waals surface area contributed by atoms with E-state index in [4.69, 9.17) is 16.3 Å². The summed E-state index contributed by atoms with van der Waals surface area (Å²) in [5, 5.41) is 4.60. The monoisotopic (exact) mass is 351 g/mol. The molecule has 0 saturated heterocycles. The van der Waals surface area contributed by atoms with Crippen LogP contribution in [0, 0.1) is 0 Å². The standard InChI is InChI=1S/C19H14ClN3O2/c20-16-3-7-18(8-4-16)25-17-5-1-14(2-6-17)13-22-23-19(24)15-9-11-21-12-10-15/h1-13H,(H,23,24)/b22-13+. The van der Waals surface area contributed by atoms with Crippen LogP contribution in [0.5, 0.6) is 11.5 Å². The van der Waals surface area contributed by atoms with E-state index in [0.717, 1.165) is 5.56 Å². The van der Waals surface area contributed by atoms with E-state index in [0.29, 0.717) is 22.1 Å². The van der Waals surface area contributed by atoms with Gasteiger partial charge < -0.3 is 4.74 Å². The number of nitrogens with zero attached hydrogens (tertiary/aromatic N) is 2. The number of hydrazone groups is 1. The molecular formula is C19H14ClN3O2. The average molecular weight is 352 g/mol. The maximum Gasteiger partial charge on any atom is 0.271 e. The number of hydrogen-bond acceptors (Lipinski definition) is 4. The molecule has 0 fully saturated rings. The molecule has 1 N–H and O–H groups in total.